The molecule has 2 fully saturated rings. The Labute approximate surface area is 246 Å². The number of likely N-dealkylation sites (tertiary alicyclic amines) is 1. The van der Waals surface area contributed by atoms with Crippen LogP contribution in [0.4, 0.5) is 19.0 Å². The molecule has 214 valence electrons. The summed E-state index contributed by atoms with van der Waals surface area (Å²) in [5.74, 6) is -1.37. The van der Waals surface area contributed by atoms with Crippen LogP contribution in [0.2, 0.25) is 5.02 Å². The highest BCUT2D eigenvalue weighted by molar-refractivity contribution is 9.10. The number of nitrogens with zero attached hydrogens (tertiary/aromatic N) is 4. The predicted octanol–water partition coefficient (Wildman–Crippen LogP) is 5.88. The van der Waals surface area contributed by atoms with Gasteiger partial charge in [-0.3, -0.25) is 14.6 Å². The molecule has 0 aliphatic carbocycles. The largest absolute Gasteiger partial charge is 0.353 e. The smallest absolute Gasteiger partial charge is 0.253 e. The van der Waals surface area contributed by atoms with Crippen molar-refractivity contribution in [2.75, 3.05) is 44.2 Å². The second kappa shape index (κ2) is 12.9. The third-order valence-corrected chi connectivity index (χ3v) is 8.41. The van der Waals surface area contributed by atoms with Crippen molar-refractivity contribution in [2.24, 2.45) is 0 Å². The Bertz CT molecular complexity index is 1370. The number of carbonyl (C=O) groups is 1. The first kappa shape index (κ1) is 28.9. The third kappa shape index (κ3) is 6.97. The fraction of sp³-hybridized carbons (Fsp3) is 0.379. The normalized spacial score (nSPS) is 17.3. The zero-order valence-electron chi connectivity index (χ0n) is 21.9. The first-order valence-corrected chi connectivity index (χ1v) is 14.5. The van der Waals surface area contributed by atoms with E-state index in [-0.39, 0.29) is 24.9 Å². The predicted molar refractivity (Wildman–Crippen MR) is 155 cm³/mol. The Hall–Kier alpha value is -2.66. The molecule has 1 aromatic heterocycles. The average molecular weight is 639 g/mol. The van der Waals surface area contributed by atoms with Gasteiger partial charge in [0.2, 0.25) is 0 Å². The van der Waals surface area contributed by atoms with Gasteiger partial charge < -0.3 is 10.2 Å². The van der Waals surface area contributed by atoms with Gasteiger partial charge in [-0.05, 0) is 50.2 Å². The fourth-order valence-electron chi connectivity index (χ4n) is 5.36. The van der Waals surface area contributed by atoms with Crippen molar-refractivity contribution >= 4 is 39.3 Å². The van der Waals surface area contributed by atoms with Crippen LogP contribution in [0.5, 0.6) is 0 Å². The number of amides is 1. The van der Waals surface area contributed by atoms with Crippen LogP contribution >= 0.6 is 27.5 Å². The van der Waals surface area contributed by atoms with Gasteiger partial charge >= 0.3 is 0 Å². The van der Waals surface area contributed by atoms with Crippen molar-refractivity contribution in [1.82, 2.24) is 20.1 Å². The standard InChI is InChI=1S/C29H30BrClF3N5O.H2/c30-22-3-1-20(26(33)14-22)18-37-7-5-24(6-8-37)38-9-11-39(12-10-38)28-25(31)13-21(17-35-28)29(40)36-16-19-2-4-23(32)15-27(19)34;/h1-4,13-15,17,24H,5-12,16,18H2,(H,36,40);1H. The van der Waals surface area contributed by atoms with E-state index in [4.69, 9.17) is 11.6 Å². The molecule has 40 heavy (non-hydrogen) atoms. The molecule has 2 aliphatic heterocycles. The minimum atomic E-state index is -0.715. The molecule has 2 aromatic carbocycles. The van der Waals surface area contributed by atoms with E-state index < -0.39 is 17.5 Å². The van der Waals surface area contributed by atoms with E-state index in [0.29, 0.717) is 23.4 Å². The van der Waals surface area contributed by atoms with Gasteiger partial charge in [-0.15, -0.1) is 0 Å². The lowest BCUT2D eigenvalue weighted by Gasteiger charge is -2.43. The van der Waals surface area contributed by atoms with Gasteiger partial charge in [0.1, 0.15) is 23.3 Å². The topological polar surface area (TPSA) is 51.7 Å². The van der Waals surface area contributed by atoms with Crippen LogP contribution in [-0.4, -0.2) is 66.0 Å². The highest BCUT2D eigenvalue weighted by Crippen LogP contribution is 2.27. The zero-order valence-corrected chi connectivity index (χ0v) is 24.2. The van der Waals surface area contributed by atoms with E-state index in [1.165, 1.54) is 18.3 Å². The molecule has 1 amide bonds. The number of hydrogen-bond donors (Lipinski definition) is 1. The molecule has 0 unspecified atom stereocenters. The Morgan fingerprint density at radius 2 is 1.68 bits per heavy atom. The van der Waals surface area contributed by atoms with Gasteiger partial charge in [-0.1, -0.05) is 39.7 Å². The van der Waals surface area contributed by atoms with Gasteiger partial charge in [0.25, 0.3) is 5.91 Å². The lowest BCUT2D eigenvalue weighted by Crippen LogP contribution is -2.53. The molecule has 3 heterocycles. The minimum absolute atomic E-state index is 0. The van der Waals surface area contributed by atoms with Crippen LogP contribution in [0.1, 0.15) is 35.8 Å². The molecule has 1 N–H and O–H groups in total. The summed E-state index contributed by atoms with van der Waals surface area (Å²) in [6.45, 7) is 5.73. The molecule has 5 rings (SSSR count). The Morgan fingerprint density at radius 1 is 0.975 bits per heavy atom. The van der Waals surface area contributed by atoms with Gasteiger partial charge in [-0.2, -0.15) is 0 Å². The number of anilines is 1. The highest BCUT2D eigenvalue weighted by atomic mass is 79.9. The van der Waals surface area contributed by atoms with Crippen molar-refractivity contribution in [2.45, 2.75) is 32.0 Å². The number of pyridine rings is 1. The minimum Gasteiger partial charge on any atom is -0.353 e. The number of rotatable bonds is 7. The molecule has 0 radical (unpaired) electrons. The summed E-state index contributed by atoms with van der Waals surface area (Å²) in [4.78, 5) is 24.0. The molecule has 2 saturated heterocycles. The maximum atomic E-state index is 14.2. The number of aromatic nitrogens is 1. The van der Waals surface area contributed by atoms with Gasteiger partial charge in [0, 0.05) is 74.6 Å². The summed E-state index contributed by atoms with van der Waals surface area (Å²) in [6, 6.07) is 10.5. The molecule has 0 saturated carbocycles. The lowest BCUT2D eigenvalue weighted by molar-refractivity contribution is 0.0950. The van der Waals surface area contributed by atoms with Crippen LogP contribution in [0.3, 0.4) is 0 Å². The highest BCUT2D eigenvalue weighted by Gasteiger charge is 2.29. The number of carbonyl (C=O) groups excluding carboxylic acids is 1. The fourth-order valence-corrected chi connectivity index (χ4v) is 5.98. The third-order valence-electron chi connectivity index (χ3n) is 7.63. The van der Waals surface area contributed by atoms with Crippen LogP contribution < -0.4 is 10.2 Å². The molecular weight excluding hydrogens is 607 g/mol. The van der Waals surface area contributed by atoms with Crippen molar-refractivity contribution in [1.29, 1.82) is 0 Å². The first-order valence-electron chi connectivity index (χ1n) is 13.3. The summed E-state index contributed by atoms with van der Waals surface area (Å²) in [7, 11) is 0. The van der Waals surface area contributed by atoms with E-state index in [1.807, 2.05) is 12.1 Å². The number of hydrogen-bond acceptors (Lipinski definition) is 5. The second-order valence-electron chi connectivity index (χ2n) is 10.2. The molecule has 11 heteroatoms. The van der Waals surface area contributed by atoms with Crippen molar-refractivity contribution in [3.05, 3.63) is 92.3 Å². The first-order chi connectivity index (χ1) is 19.3. The Kier molecular flexibility index (Phi) is 9.30. The van der Waals surface area contributed by atoms with Crippen LogP contribution in [-0.2, 0) is 13.1 Å². The quantitative estimate of drug-likeness (QED) is 0.351. The molecule has 0 spiro atoms. The SMILES string of the molecule is O=C(NCc1ccc(F)cc1F)c1cnc(N2CCN(C3CCN(Cc4ccc(Br)cc4F)CC3)CC2)c(Cl)c1.[HH]. The van der Waals surface area contributed by atoms with Crippen LogP contribution in [0.25, 0.3) is 0 Å². The molecule has 3 aromatic rings. The lowest BCUT2D eigenvalue weighted by atomic mass is 10.0. The summed E-state index contributed by atoms with van der Waals surface area (Å²) in [5.41, 5.74) is 1.18. The van der Waals surface area contributed by atoms with E-state index in [2.05, 4.69) is 40.9 Å². The van der Waals surface area contributed by atoms with E-state index in [1.54, 1.807) is 6.07 Å². The van der Waals surface area contributed by atoms with Gasteiger partial charge in [0.05, 0.1) is 10.6 Å². The molecular formula is C29H32BrClF3N5O. The van der Waals surface area contributed by atoms with E-state index in [9.17, 15) is 18.0 Å². The van der Waals surface area contributed by atoms with Gasteiger partial charge in [-0.25, -0.2) is 18.2 Å². The zero-order chi connectivity index (χ0) is 28.2. The molecule has 0 atom stereocenters. The molecule has 6 nitrogen and oxygen atoms in total. The summed E-state index contributed by atoms with van der Waals surface area (Å²) in [6.07, 6.45) is 3.56. The molecule has 0 bridgehead atoms. The van der Waals surface area contributed by atoms with Crippen LogP contribution in [0, 0.1) is 17.5 Å². The summed E-state index contributed by atoms with van der Waals surface area (Å²) >= 11 is 9.83. The van der Waals surface area contributed by atoms with Crippen molar-refractivity contribution in [3.63, 3.8) is 0 Å². The van der Waals surface area contributed by atoms with E-state index in [0.717, 1.165) is 74.3 Å². The second-order valence-corrected chi connectivity index (χ2v) is 11.5. The Morgan fingerprint density at radius 3 is 2.35 bits per heavy atom. The number of piperidine rings is 1. The van der Waals surface area contributed by atoms with E-state index >= 15 is 0 Å². The number of halogens is 5. The number of piperazine rings is 1. The number of nitrogens with one attached hydrogen (secondary N) is 1. The Balaban J connectivity index is 0.00000387. The number of benzene rings is 2. The maximum absolute atomic E-state index is 14.2. The average Bonchev–Trinajstić information content (AvgIpc) is 2.94. The van der Waals surface area contributed by atoms with Crippen molar-refractivity contribution < 1.29 is 19.4 Å². The maximum Gasteiger partial charge on any atom is 0.253 e. The molecule has 2 aliphatic rings. The monoisotopic (exact) mass is 637 g/mol. The summed E-state index contributed by atoms with van der Waals surface area (Å²) < 4.78 is 41.9. The van der Waals surface area contributed by atoms with Crippen LogP contribution in [0.15, 0.2) is 53.1 Å². The van der Waals surface area contributed by atoms with Crippen molar-refractivity contribution in [3.8, 4) is 0 Å². The van der Waals surface area contributed by atoms with Gasteiger partial charge in [0.15, 0.2) is 0 Å². The summed E-state index contributed by atoms with van der Waals surface area (Å²) in [5, 5.41) is 3.00.